The molecule has 1 aliphatic rings. The van der Waals surface area contributed by atoms with Crippen molar-refractivity contribution >= 4 is 0 Å². The summed E-state index contributed by atoms with van der Waals surface area (Å²) in [5.74, 6) is -1.39. The Labute approximate surface area is 99.8 Å². The zero-order valence-corrected chi connectivity index (χ0v) is 9.03. The summed E-state index contributed by atoms with van der Waals surface area (Å²) in [4.78, 5) is 3.32. The van der Waals surface area contributed by atoms with Crippen LogP contribution in [0, 0.1) is 0 Å². The lowest BCUT2D eigenvalue weighted by molar-refractivity contribution is -0.159. The monoisotopic (exact) mass is 255 g/mol. The minimum atomic E-state index is -4.61. The van der Waals surface area contributed by atoms with Crippen molar-refractivity contribution in [2.75, 3.05) is 6.54 Å². The molecule has 1 aromatic heterocycles. The molecule has 0 radical (unpaired) electrons. The average molecular weight is 255 g/mol. The van der Waals surface area contributed by atoms with E-state index in [1.165, 1.54) is 0 Å². The Morgan fingerprint density at radius 3 is 2.39 bits per heavy atom. The van der Waals surface area contributed by atoms with Gasteiger partial charge in [0.25, 0.3) is 0 Å². The van der Waals surface area contributed by atoms with E-state index in [2.05, 4.69) is 20.0 Å². The van der Waals surface area contributed by atoms with E-state index in [1.54, 1.807) is 12.1 Å². The van der Waals surface area contributed by atoms with Gasteiger partial charge in [-0.05, 0) is 5.56 Å². The fraction of sp³-hybridized carbons (Fsp3) is 0.273. The van der Waals surface area contributed by atoms with Crippen LogP contribution in [0.3, 0.4) is 0 Å². The number of rotatable bonds is 2. The number of nitrogens with zero attached hydrogens (tertiary/aromatic N) is 2. The highest BCUT2D eigenvalue weighted by atomic mass is 19.4. The molecule has 0 spiro atoms. The van der Waals surface area contributed by atoms with E-state index in [0.29, 0.717) is 11.6 Å². The molecule has 0 aliphatic carbocycles. The molecule has 2 heterocycles. The third-order valence-corrected chi connectivity index (χ3v) is 2.65. The van der Waals surface area contributed by atoms with Crippen LogP contribution < -0.4 is 5.32 Å². The van der Waals surface area contributed by atoms with Gasteiger partial charge in [0.1, 0.15) is 0 Å². The normalized spacial score (nSPS) is 18.9. The Balaban J connectivity index is 1.87. The van der Waals surface area contributed by atoms with Gasteiger partial charge in [-0.2, -0.15) is 18.2 Å². The molecule has 1 saturated heterocycles. The lowest BCUT2D eigenvalue weighted by Gasteiger charge is -1.98. The number of alkyl halides is 3. The first kappa shape index (κ1) is 11.2. The lowest BCUT2D eigenvalue weighted by atomic mass is 10.1. The zero-order chi connectivity index (χ0) is 12.8. The smallest absolute Gasteiger partial charge is 0.329 e. The Bertz CT molecular complexity index is 558. The molecule has 1 unspecified atom stereocenters. The third-order valence-electron chi connectivity index (χ3n) is 2.65. The Kier molecular flexibility index (Phi) is 2.37. The summed E-state index contributed by atoms with van der Waals surface area (Å²) in [6.07, 6.45) is -4.61. The van der Waals surface area contributed by atoms with Crippen LogP contribution in [0.4, 0.5) is 13.2 Å². The highest BCUT2D eigenvalue weighted by Gasteiger charge is 2.38. The summed E-state index contributed by atoms with van der Waals surface area (Å²) in [7, 11) is 0. The van der Waals surface area contributed by atoms with Gasteiger partial charge in [0.05, 0.1) is 0 Å². The van der Waals surface area contributed by atoms with Crippen LogP contribution in [0.1, 0.15) is 17.5 Å². The third kappa shape index (κ3) is 2.08. The van der Waals surface area contributed by atoms with Crippen molar-refractivity contribution in [3.63, 3.8) is 0 Å². The van der Waals surface area contributed by atoms with Gasteiger partial charge in [0.15, 0.2) is 0 Å². The molecule has 1 N–H and O–H groups in total. The van der Waals surface area contributed by atoms with Crippen LogP contribution in [0.25, 0.3) is 11.4 Å². The van der Waals surface area contributed by atoms with Crippen molar-refractivity contribution < 1.29 is 17.7 Å². The van der Waals surface area contributed by atoms with E-state index < -0.39 is 12.1 Å². The van der Waals surface area contributed by atoms with Gasteiger partial charge in [0, 0.05) is 18.2 Å². The largest absolute Gasteiger partial charge is 0.471 e. The van der Waals surface area contributed by atoms with Crippen LogP contribution in [-0.4, -0.2) is 16.7 Å². The van der Waals surface area contributed by atoms with Crippen molar-refractivity contribution in [2.24, 2.45) is 0 Å². The number of benzene rings is 1. The van der Waals surface area contributed by atoms with E-state index in [1.807, 2.05) is 12.1 Å². The summed E-state index contributed by atoms with van der Waals surface area (Å²) < 4.78 is 41.0. The van der Waals surface area contributed by atoms with Crippen LogP contribution in [0.15, 0.2) is 28.8 Å². The summed E-state index contributed by atoms with van der Waals surface area (Å²) in [6.45, 7) is 0.930. The second-order valence-corrected chi connectivity index (χ2v) is 4.00. The lowest BCUT2D eigenvalue weighted by Crippen LogP contribution is -2.04. The van der Waals surface area contributed by atoms with Crippen molar-refractivity contribution in [3.8, 4) is 11.4 Å². The molecular formula is C11H8F3N3O. The Hall–Kier alpha value is -1.89. The molecule has 0 saturated carbocycles. The van der Waals surface area contributed by atoms with Crippen LogP contribution >= 0.6 is 0 Å². The maximum absolute atomic E-state index is 12.3. The Morgan fingerprint density at radius 1 is 1.22 bits per heavy atom. The molecule has 94 valence electrons. The number of hydrogen-bond acceptors (Lipinski definition) is 4. The molecule has 1 aliphatic heterocycles. The standard InChI is InChI=1S/C11H8F3N3O/c12-11(13,14)10-16-9(17-18-10)7-3-1-6(2-4-7)8-5-15-8/h1-4,8,15H,5H2. The number of nitrogens with one attached hydrogen (secondary N) is 1. The maximum Gasteiger partial charge on any atom is 0.471 e. The summed E-state index contributed by atoms with van der Waals surface area (Å²) in [5, 5.41) is 6.46. The fourth-order valence-corrected chi connectivity index (χ4v) is 1.62. The maximum atomic E-state index is 12.3. The minimum Gasteiger partial charge on any atom is -0.329 e. The summed E-state index contributed by atoms with van der Waals surface area (Å²) in [5.41, 5.74) is 1.59. The first-order chi connectivity index (χ1) is 8.54. The van der Waals surface area contributed by atoms with Gasteiger partial charge >= 0.3 is 12.1 Å². The van der Waals surface area contributed by atoms with Gasteiger partial charge in [-0.15, -0.1) is 0 Å². The van der Waals surface area contributed by atoms with Gasteiger partial charge in [-0.1, -0.05) is 29.4 Å². The number of hydrogen-bond donors (Lipinski definition) is 1. The van der Waals surface area contributed by atoms with Gasteiger partial charge < -0.3 is 9.84 Å². The predicted octanol–water partition coefficient (Wildman–Crippen LogP) is 2.40. The van der Waals surface area contributed by atoms with Gasteiger partial charge in [-0.3, -0.25) is 0 Å². The van der Waals surface area contributed by atoms with Crippen molar-refractivity contribution in [1.82, 2.24) is 15.5 Å². The van der Waals surface area contributed by atoms with E-state index in [0.717, 1.165) is 12.1 Å². The molecule has 0 amide bonds. The van der Waals surface area contributed by atoms with Crippen molar-refractivity contribution in [2.45, 2.75) is 12.2 Å². The molecule has 2 aromatic rings. The van der Waals surface area contributed by atoms with E-state index in [4.69, 9.17) is 0 Å². The topological polar surface area (TPSA) is 60.9 Å². The van der Waals surface area contributed by atoms with Crippen LogP contribution in [-0.2, 0) is 6.18 Å². The van der Waals surface area contributed by atoms with Crippen molar-refractivity contribution in [3.05, 3.63) is 35.7 Å². The van der Waals surface area contributed by atoms with E-state index >= 15 is 0 Å². The highest BCUT2D eigenvalue weighted by Crippen LogP contribution is 2.30. The van der Waals surface area contributed by atoms with Crippen molar-refractivity contribution in [1.29, 1.82) is 0 Å². The second-order valence-electron chi connectivity index (χ2n) is 4.00. The first-order valence-corrected chi connectivity index (χ1v) is 5.28. The minimum absolute atomic E-state index is 0.0577. The number of halogens is 3. The van der Waals surface area contributed by atoms with E-state index in [9.17, 15) is 13.2 Å². The second kappa shape index (κ2) is 3.81. The average Bonchev–Trinajstić information content (AvgIpc) is 3.05. The summed E-state index contributed by atoms with van der Waals surface area (Å²) in [6, 6.07) is 7.39. The zero-order valence-electron chi connectivity index (χ0n) is 9.03. The molecular weight excluding hydrogens is 247 g/mol. The molecule has 4 nitrogen and oxygen atoms in total. The fourth-order valence-electron chi connectivity index (χ4n) is 1.62. The summed E-state index contributed by atoms with van der Waals surface area (Å²) >= 11 is 0. The predicted molar refractivity (Wildman–Crippen MR) is 55.5 cm³/mol. The van der Waals surface area contributed by atoms with Gasteiger partial charge in [0.2, 0.25) is 5.82 Å². The van der Waals surface area contributed by atoms with Crippen LogP contribution in [0.5, 0.6) is 0 Å². The molecule has 0 bridgehead atoms. The highest BCUT2D eigenvalue weighted by molar-refractivity contribution is 5.55. The first-order valence-electron chi connectivity index (χ1n) is 5.28. The SMILES string of the molecule is FC(F)(F)c1nc(-c2ccc(C3CN3)cc2)no1. The van der Waals surface area contributed by atoms with E-state index in [-0.39, 0.29) is 5.82 Å². The number of aromatic nitrogens is 2. The molecule has 18 heavy (non-hydrogen) atoms. The molecule has 1 atom stereocenters. The van der Waals surface area contributed by atoms with Crippen LogP contribution in [0.2, 0.25) is 0 Å². The Morgan fingerprint density at radius 2 is 1.89 bits per heavy atom. The molecule has 7 heteroatoms. The molecule has 1 aromatic carbocycles. The van der Waals surface area contributed by atoms with Gasteiger partial charge in [-0.25, -0.2) is 0 Å². The quantitative estimate of drug-likeness (QED) is 0.837. The molecule has 3 rings (SSSR count). The molecule has 1 fully saturated rings.